The highest BCUT2D eigenvalue weighted by Crippen LogP contribution is 2.18. The standard InChI is InChI=1S/C9H6BrNO2.C8H4BrNO.2CH4/c1-13-9(12)6-2-3-7(5-11)8(10)4-6;9-8-3-6(5-11)1-2-7(8)4-10;;/h2-4H,1H3;1-3,5H;2*1H4. The van der Waals surface area contributed by atoms with Crippen molar-refractivity contribution in [2.24, 2.45) is 0 Å². The third-order valence-electron chi connectivity index (χ3n) is 2.76. The summed E-state index contributed by atoms with van der Waals surface area (Å²) in [6.07, 6.45) is 0.742. The Bertz CT molecular complexity index is 853. The molecule has 0 spiro atoms. The molecule has 0 saturated carbocycles. The quantitative estimate of drug-likeness (QED) is 0.416. The Balaban J connectivity index is 0. The number of rotatable bonds is 2. The van der Waals surface area contributed by atoms with Gasteiger partial charge in [-0.1, -0.05) is 20.9 Å². The van der Waals surface area contributed by atoms with Crippen molar-refractivity contribution in [1.29, 1.82) is 10.5 Å². The molecule has 0 saturated heterocycles. The summed E-state index contributed by atoms with van der Waals surface area (Å²) in [6, 6.07) is 13.5. The second kappa shape index (κ2) is 12.8. The number of hydrogen-bond donors (Lipinski definition) is 0. The largest absolute Gasteiger partial charge is 0.465 e. The molecular weight excluding hydrogens is 464 g/mol. The molecule has 0 aromatic heterocycles. The first-order valence-corrected chi connectivity index (χ1v) is 7.98. The fourth-order valence-corrected chi connectivity index (χ4v) is 2.50. The average molecular weight is 482 g/mol. The van der Waals surface area contributed by atoms with Gasteiger partial charge in [-0.3, -0.25) is 4.79 Å². The number of methoxy groups -OCH3 is 1. The Morgan fingerprint density at radius 3 is 1.88 bits per heavy atom. The summed E-state index contributed by atoms with van der Waals surface area (Å²) in [5.41, 5.74) is 2.02. The lowest BCUT2D eigenvalue weighted by Gasteiger charge is -2.00. The van der Waals surface area contributed by atoms with Crippen molar-refractivity contribution in [2.45, 2.75) is 14.9 Å². The fraction of sp³-hybridized carbons (Fsp3) is 0.158. The summed E-state index contributed by atoms with van der Waals surface area (Å²) in [5, 5.41) is 17.1. The zero-order chi connectivity index (χ0) is 18.1. The summed E-state index contributed by atoms with van der Waals surface area (Å²) in [4.78, 5) is 21.3. The van der Waals surface area contributed by atoms with Crippen molar-refractivity contribution in [3.8, 4) is 12.1 Å². The molecule has 2 aromatic rings. The van der Waals surface area contributed by atoms with E-state index in [9.17, 15) is 9.59 Å². The van der Waals surface area contributed by atoms with Gasteiger partial charge in [-0.15, -0.1) is 0 Å². The van der Waals surface area contributed by atoms with Crippen molar-refractivity contribution in [3.05, 3.63) is 67.6 Å². The third-order valence-corrected chi connectivity index (χ3v) is 4.07. The van der Waals surface area contributed by atoms with Crippen LogP contribution in [0.1, 0.15) is 46.7 Å². The molecule has 2 aromatic carbocycles. The van der Waals surface area contributed by atoms with Crippen molar-refractivity contribution < 1.29 is 14.3 Å². The predicted molar refractivity (Wildman–Crippen MR) is 108 cm³/mol. The van der Waals surface area contributed by atoms with Gasteiger partial charge in [0.15, 0.2) is 0 Å². The average Bonchev–Trinajstić information content (AvgIpc) is 2.61. The van der Waals surface area contributed by atoms with E-state index in [0.717, 1.165) is 6.29 Å². The summed E-state index contributed by atoms with van der Waals surface area (Å²) in [6.45, 7) is 0. The molecule has 0 radical (unpaired) electrons. The number of carbonyl (C=O) groups excluding carboxylic acids is 2. The molecule has 5 nitrogen and oxygen atoms in total. The van der Waals surface area contributed by atoms with Gasteiger partial charge in [0, 0.05) is 14.5 Å². The van der Waals surface area contributed by atoms with E-state index in [4.69, 9.17) is 10.5 Å². The maximum Gasteiger partial charge on any atom is 0.337 e. The predicted octanol–water partition coefficient (Wildman–Crippen LogP) is 5.51. The summed E-state index contributed by atoms with van der Waals surface area (Å²) in [7, 11) is 1.31. The van der Waals surface area contributed by atoms with Crippen LogP contribution in [0.4, 0.5) is 0 Å². The van der Waals surface area contributed by atoms with Gasteiger partial charge in [0.25, 0.3) is 0 Å². The molecule has 0 bridgehead atoms. The number of halogens is 2. The minimum absolute atomic E-state index is 0. The van der Waals surface area contributed by atoms with Gasteiger partial charge < -0.3 is 4.74 Å². The third kappa shape index (κ3) is 7.18. The van der Waals surface area contributed by atoms with Crippen molar-refractivity contribution in [2.75, 3.05) is 7.11 Å². The number of nitrogens with zero attached hydrogens (tertiary/aromatic N) is 2. The molecule has 0 aliphatic heterocycles. The smallest absolute Gasteiger partial charge is 0.337 e. The molecule has 0 unspecified atom stereocenters. The van der Waals surface area contributed by atoms with Crippen LogP contribution >= 0.6 is 31.9 Å². The zero-order valence-electron chi connectivity index (χ0n) is 12.4. The summed E-state index contributed by atoms with van der Waals surface area (Å²) >= 11 is 6.34. The van der Waals surface area contributed by atoms with E-state index < -0.39 is 5.97 Å². The molecule has 0 heterocycles. The van der Waals surface area contributed by atoms with Gasteiger partial charge in [-0.25, -0.2) is 4.79 Å². The van der Waals surface area contributed by atoms with Crippen LogP contribution in [0.15, 0.2) is 45.3 Å². The van der Waals surface area contributed by atoms with E-state index >= 15 is 0 Å². The van der Waals surface area contributed by atoms with Crippen molar-refractivity contribution in [1.82, 2.24) is 0 Å². The molecule has 0 aliphatic carbocycles. The van der Waals surface area contributed by atoms with E-state index in [-0.39, 0.29) is 14.9 Å². The monoisotopic (exact) mass is 480 g/mol. The molecule has 0 N–H and O–H groups in total. The second-order valence-corrected chi connectivity index (χ2v) is 5.98. The molecular formula is C19H18Br2N2O3. The van der Waals surface area contributed by atoms with Crippen LogP contribution in [0.3, 0.4) is 0 Å². The Morgan fingerprint density at radius 2 is 1.50 bits per heavy atom. The van der Waals surface area contributed by atoms with E-state index in [0.29, 0.717) is 31.2 Å². The van der Waals surface area contributed by atoms with Gasteiger partial charge in [-0.2, -0.15) is 10.5 Å². The molecule has 0 fully saturated rings. The van der Waals surface area contributed by atoms with E-state index in [2.05, 4.69) is 36.6 Å². The number of benzene rings is 2. The first-order chi connectivity index (χ1) is 11.5. The van der Waals surface area contributed by atoms with Crippen LogP contribution < -0.4 is 0 Å². The van der Waals surface area contributed by atoms with E-state index in [1.807, 2.05) is 12.1 Å². The number of aldehydes is 1. The van der Waals surface area contributed by atoms with Gasteiger partial charge >= 0.3 is 5.97 Å². The number of carbonyl (C=O) groups is 2. The Morgan fingerprint density at radius 1 is 1.00 bits per heavy atom. The first-order valence-electron chi connectivity index (χ1n) is 6.39. The SMILES string of the molecule is C.C.COC(=O)c1ccc(C#N)c(Br)c1.N#Cc1ccc(C=O)cc1Br. The minimum atomic E-state index is -0.412. The normalized spacial score (nSPS) is 8.19. The zero-order valence-corrected chi connectivity index (χ0v) is 15.6. The van der Waals surface area contributed by atoms with Gasteiger partial charge in [-0.05, 0) is 62.2 Å². The summed E-state index contributed by atoms with van der Waals surface area (Å²) in [5.74, 6) is -0.412. The van der Waals surface area contributed by atoms with E-state index in [1.165, 1.54) is 7.11 Å². The Labute approximate surface area is 170 Å². The summed E-state index contributed by atoms with van der Waals surface area (Å²) < 4.78 is 5.77. The highest BCUT2D eigenvalue weighted by molar-refractivity contribution is 9.10. The maximum absolute atomic E-state index is 11.0. The van der Waals surface area contributed by atoms with Gasteiger partial charge in [0.1, 0.15) is 18.4 Å². The number of hydrogen-bond acceptors (Lipinski definition) is 5. The molecule has 7 heteroatoms. The molecule has 26 heavy (non-hydrogen) atoms. The number of ether oxygens (including phenoxy) is 1. The molecule has 0 amide bonds. The number of nitriles is 2. The van der Waals surface area contributed by atoms with Crippen molar-refractivity contribution >= 4 is 44.1 Å². The van der Waals surface area contributed by atoms with Crippen LogP contribution in [0, 0.1) is 22.7 Å². The van der Waals surface area contributed by atoms with Crippen LogP contribution in [0.5, 0.6) is 0 Å². The van der Waals surface area contributed by atoms with Crippen LogP contribution in [-0.2, 0) is 4.74 Å². The first kappa shape index (κ1) is 25.8. The van der Waals surface area contributed by atoms with Gasteiger partial charge in [0.2, 0.25) is 0 Å². The second-order valence-electron chi connectivity index (χ2n) is 4.27. The highest BCUT2D eigenvalue weighted by atomic mass is 79.9. The van der Waals surface area contributed by atoms with Crippen molar-refractivity contribution in [3.63, 3.8) is 0 Å². The molecule has 0 atom stereocenters. The van der Waals surface area contributed by atoms with Crippen LogP contribution in [0.25, 0.3) is 0 Å². The molecule has 2 rings (SSSR count). The molecule has 136 valence electrons. The topological polar surface area (TPSA) is 90.9 Å². The van der Waals surface area contributed by atoms with E-state index in [1.54, 1.807) is 36.4 Å². The van der Waals surface area contributed by atoms with Crippen LogP contribution in [-0.4, -0.2) is 19.4 Å². The minimum Gasteiger partial charge on any atom is -0.465 e. The van der Waals surface area contributed by atoms with Gasteiger partial charge in [0.05, 0.1) is 23.8 Å². The van der Waals surface area contributed by atoms with Crippen LogP contribution in [0.2, 0.25) is 0 Å². The lowest BCUT2D eigenvalue weighted by atomic mass is 10.1. The number of esters is 1. The Kier molecular flexibility index (Phi) is 12.7. The fourth-order valence-electron chi connectivity index (χ4n) is 1.55. The lowest BCUT2D eigenvalue weighted by Crippen LogP contribution is -2.00. The highest BCUT2D eigenvalue weighted by Gasteiger charge is 2.07. The lowest BCUT2D eigenvalue weighted by molar-refractivity contribution is 0.0600. The maximum atomic E-state index is 11.0. The Hall–Kier alpha value is -2.48. The molecule has 0 aliphatic rings.